The van der Waals surface area contributed by atoms with Gasteiger partial charge in [0.05, 0.1) is 40.5 Å². The van der Waals surface area contributed by atoms with Crippen molar-refractivity contribution in [3.63, 3.8) is 0 Å². The Bertz CT molecular complexity index is 1040. The number of hydrogen-bond donors (Lipinski definition) is 0. The van der Waals surface area contributed by atoms with Gasteiger partial charge >= 0.3 is 23.9 Å². The molecule has 0 amide bonds. The minimum absolute atomic E-state index is 0. The summed E-state index contributed by atoms with van der Waals surface area (Å²) in [6.07, 6.45) is 34.6. The molecule has 0 spiro atoms. The fraction of sp³-hybridized carbons (Fsp3) is 1.00. The van der Waals surface area contributed by atoms with Gasteiger partial charge in [-0.05, 0) is 25.7 Å². The smallest absolute Gasteiger partial charge is 0.748 e. The van der Waals surface area contributed by atoms with E-state index < -0.39 is 40.5 Å². The summed E-state index contributed by atoms with van der Waals surface area (Å²) in [5, 5.41) is 0. The second kappa shape index (κ2) is 47.5. The van der Waals surface area contributed by atoms with Gasteiger partial charge in [-0.1, -0.05) is 207 Å². The summed E-state index contributed by atoms with van der Waals surface area (Å²) in [5.41, 5.74) is 0. The number of unbranched alkanes of at least 4 members (excludes halogenated alkanes) is 28. The molecule has 0 saturated carbocycles. The quantitative estimate of drug-likeness (QED) is 0.0324. The van der Waals surface area contributed by atoms with Gasteiger partial charge < -0.3 is 18.2 Å². The first-order valence-electron chi connectivity index (χ1n) is 22.0. The molecule has 0 atom stereocenters. The Balaban J connectivity index is -0.000000210. The Morgan fingerprint density at radius 3 is 0.439 bits per heavy atom. The van der Waals surface area contributed by atoms with Gasteiger partial charge in [0, 0.05) is 23.0 Å². The van der Waals surface area contributed by atoms with E-state index in [4.69, 9.17) is 0 Å². The molecule has 0 heterocycles. The Hall–Kier alpha value is 0.439. The first-order chi connectivity index (χ1) is 26.2. The van der Waals surface area contributed by atoms with Gasteiger partial charge in [0.2, 0.25) is 0 Å². The molecule has 0 fully saturated rings. The van der Waals surface area contributed by atoms with Crippen LogP contribution in [0.4, 0.5) is 0 Å². The van der Waals surface area contributed by atoms with Crippen molar-refractivity contribution < 1.29 is 51.9 Å². The molecule has 0 radical (unpaired) electrons. The zero-order valence-electron chi connectivity index (χ0n) is 36.5. The molecule has 0 aromatic carbocycles. The first kappa shape index (κ1) is 66.5. The van der Waals surface area contributed by atoms with Gasteiger partial charge in [0.25, 0.3) is 0 Å². The monoisotopic (exact) mass is 1000 g/mol. The molecule has 0 aliphatic carbocycles. The number of rotatable bonds is 36. The molecule has 0 aliphatic heterocycles. The van der Waals surface area contributed by atoms with Crippen LogP contribution >= 0.6 is 0 Å². The summed E-state index contributed by atoms with van der Waals surface area (Å²) in [7, 11) is -15.9. The minimum Gasteiger partial charge on any atom is -0.748 e. The first-order valence-corrected chi connectivity index (χ1v) is 28.3. The van der Waals surface area contributed by atoms with Crippen LogP contribution in [0.3, 0.4) is 0 Å². The summed E-state index contributed by atoms with van der Waals surface area (Å²) in [4.78, 5) is 0. The van der Waals surface area contributed by atoms with Crippen molar-refractivity contribution in [2.24, 2.45) is 0 Å². The van der Waals surface area contributed by atoms with E-state index in [2.05, 4.69) is 27.7 Å². The average Bonchev–Trinajstić information content (AvgIpc) is 3.08. The summed E-state index contributed by atoms with van der Waals surface area (Å²) >= 11 is 0. The largest absolute Gasteiger partial charge is 4.00 e. The fourth-order valence-electron chi connectivity index (χ4n) is 5.65. The third-order valence-corrected chi connectivity index (χ3v) is 12.1. The van der Waals surface area contributed by atoms with Crippen LogP contribution < -0.4 is 0 Å². The van der Waals surface area contributed by atoms with Crippen molar-refractivity contribution in [1.29, 1.82) is 0 Å². The molecule has 0 aromatic rings. The van der Waals surface area contributed by atoms with Crippen molar-refractivity contribution in [3.05, 3.63) is 0 Å². The molecule has 0 bridgehead atoms. The predicted octanol–water partition coefficient (Wildman–Crippen LogP) is 10.3. The van der Waals surface area contributed by atoms with Gasteiger partial charge in [0.1, 0.15) is 0 Å². The maximum absolute atomic E-state index is 10.2. The van der Waals surface area contributed by atoms with E-state index in [9.17, 15) is 51.9 Å². The van der Waals surface area contributed by atoms with Crippen LogP contribution in [-0.4, -0.2) is 98.8 Å². The molecular weight excluding hydrogens is 919 g/mol. The van der Waals surface area contributed by atoms with E-state index in [0.717, 1.165) is 51.4 Å². The third kappa shape index (κ3) is 84.7. The summed E-state index contributed by atoms with van der Waals surface area (Å²) in [6, 6.07) is 0. The van der Waals surface area contributed by atoms with Crippen LogP contribution in [0.5, 0.6) is 0 Å². The Labute approximate surface area is 370 Å². The molecule has 0 aromatic heterocycles. The molecule has 0 rings (SSSR count). The van der Waals surface area contributed by atoms with Gasteiger partial charge in [-0.25, -0.2) is 33.7 Å². The van der Waals surface area contributed by atoms with Crippen LogP contribution in [0.1, 0.15) is 233 Å². The molecule has 0 N–H and O–H groups in total. The molecule has 17 heteroatoms. The summed E-state index contributed by atoms with van der Waals surface area (Å²) in [6.45, 7) is 8.72. The van der Waals surface area contributed by atoms with Crippen molar-refractivity contribution >= 4 is 64.4 Å². The topological polar surface area (TPSA) is 229 Å². The van der Waals surface area contributed by atoms with Crippen molar-refractivity contribution in [2.45, 2.75) is 233 Å². The third-order valence-electron chi connectivity index (χ3n) is 8.99. The van der Waals surface area contributed by atoms with E-state index in [1.807, 2.05) is 0 Å². The second-order valence-electron chi connectivity index (χ2n) is 14.9. The van der Waals surface area contributed by atoms with Crippen molar-refractivity contribution in [2.75, 3.05) is 23.0 Å². The van der Waals surface area contributed by atoms with E-state index >= 15 is 0 Å². The normalized spacial score (nSPS) is 11.6. The fourth-order valence-corrected chi connectivity index (χ4v) is 7.88. The van der Waals surface area contributed by atoms with Gasteiger partial charge in [-0.2, -0.15) is 0 Å². The van der Waals surface area contributed by atoms with E-state index in [1.54, 1.807) is 0 Å². The number of hydrogen-bond acceptors (Lipinski definition) is 12. The molecule has 57 heavy (non-hydrogen) atoms. The molecule has 344 valence electrons. The van der Waals surface area contributed by atoms with Crippen LogP contribution in [0.25, 0.3) is 0 Å². The maximum Gasteiger partial charge on any atom is 4.00 e. The standard InChI is InChI=1S/4C10H22O3S.Sn/c4*1-2-3-4-5-6-7-8-9-10-14(11,12)13;/h4*2-10H2,1H3,(H,11,12,13);/q;;;;+4/p-4. The minimum atomic E-state index is -3.98. The van der Waals surface area contributed by atoms with Crippen LogP contribution in [0.2, 0.25) is 0 Å². The Kier molecular flexibility index (Phi) is 55.4. The molecule has 0 aliphatic rings. The van der Waals surface area contributed by atoms with E-state index in [1.165, 1.54) is 128 Å². The van der Waals surface area contributed by atoms with Crippen LogP contribution in [0, 0.1) is 0 Å². The SMILES string of the molecule is CCCCCCCCCCS(=O)(=O)[O-].CCCCCCCCCCS(=O)(=O)[O-].CCCCCCCCCCS(=O)(=O)[O-].CCCCCCCCCCS(=O)(=O)[O-].[Sn+4]. The second-order valence-corrected chi connectivity index (χ2v) is 21.0. The average molecular weight is 1000 g/mol. The summed E-state index contributed by atoms with van der Waals surface area (Å²) in [5.74, 6) is -0.770. The van der Waals surface area contributed by atoms with Crippen LogP contribution in [-0.2, 0) is 40.5 Å². The van der Waals surface area contributed by atoms with Gasteiger partial charge in [-0.3, -0.25) is 0 Å². The predicted molar refractivity (Wildman–Crippen MR) is 234 cm³/mol. The van der Waals surface area contributed by atoms with E-state index in [-0.39, 0.29) is 46.9 Å². The maximum atomic E-state index is 10.2. The zero-order chi connectivity index (χ0) is 43.5. The molecule has 0 saturated heterocycles. The molecular formula is C40H84O12S4Sn. The summed E-state index contributed by atoms with van der Waals surface area (Å²) < 4.78 is 123. The Morgan fingerprint density at radius 1 is 0.228 bits per heavy atom. The molecule has 12 nitrogen and oxygen atoms in total. The van der Waals surface area contributed by atoms with Gasteiger partial charge in [-0.15, -0.1) is 0 Å². The Morgan fingerprint density at radius 2 is 0.333 bits per heavy atom. The van der Waals surface area contributed by atoms with Crippen molar-refractivity contribution in [3.8, 4) is 0 Å². The van der Waals surface area contributed by atoms with Gasteiger partial charge in [0.15, 0.2) is 0 Å². The molecule has 0 unspecified atom stereocenters. The van der Waals surface area contributed by atoms with Crippen LogP contribution in [0.15, 0.2) is 0 Å². The van der Waals surface area contributed by atoms with E-state index in [0.29, 0.717) is 25.7 Å². The zero-order valence-corrected chi connectivity index (χ0v) is 42.6. The van der Waals surface area contributed by atoms with Crippen molar-refractivity contribution in [1.82, 2.24) is 0 Å².